The topological polar surface area (TPSA) is 59.4 Å². The smallest absolute Gasteiger partial charge is 0.257 e. The second-order valence-electron chi connectivity index (χ2n) is 7.36. The lowest BCUT2D eigenvalue weighted by Gasteiger charge is -2.13. The molecule has 1 amide bonds. The maximum absolute atomic E-state index is 12.2. The summed E-state index contributed by atoms with van der Waals surface area (Å²) in [6.07, 6.45) is 1.62. The number of fused-ring (bicyclic) bond motifs is 1. The Morgan fingerprint density at radius 1 is 1.17 bits per heavy atom. The highest BCUT2D eigenvalue weighted by atomic mass is 16.5. The van der Waals surface area contributed by atoms with E-state index in [0.717, 1.165) is 42.1 Å². The molecule has 0 bridgehead atoms. The number of nitrogens with one attached hydrogen (secondary N) is 1. The van der Waals surface area contributed by atoms with Crippen LogP contribution >= 0.6 is 0 Å². The normalized spacial score (nSPS) is 11.2. The van der Waals surface area contributed by atoms with Crippen molar-refractivity contribution in [3.8, 4) is 5.75 Å². The van der Waals surface area contributed by atoms with Crippen molar-refractivity contribution < 1.29 is 9.53 Å². The molecular formula is C23H30N4O2. The second-order valence-corrected chi connectivity index (χ2v) is 7.36. The molecule has 1 heterocycles. The third kappa shape index (κ3) is 5.81. The van der Waals surface area contributed by atoms with Crippen LogP contribution in [0.3, 0.4) is 0 Å². The molecule has 2 aromatic carbocycles. The monoisotopic (exact) mass is 394 g/mol. The highest BCUT2D eigenvalue weighted by Gasteiger charge is 2.11. The van der Waals surface area contributed by atoms with Crippen molar-refractivity contribution in [2.45, 2.75) is 26.3 Å². The van der Waals surface area contributed by atoms with Crippen LogP contribution < -0.4 is 10.1 Å². The van der Waals surface area contributed by atoms with Crippen LogP contribution in [0.4, 0.5) is 0 Å². The average molecular weight is 395 g/mol. The molecule has 0 saturated heterocycles. The number of hydrogen-bond acceptors (Lipinski definition) is 4. The predicted molar refractivity (Wildman–Crippen MR) is 116 cm³/mol. The quantitative estimate of drug-likeness (QED) is 0.574. The van der Waals surface area contributed by atoms with E-state index in [4.69, 9.17) is 9.72 Å². The van der Waals surface area contributed by atoms with Gasteiger partial charge >= 0.3 is 0 Å². The highest BCUT2D eigenvalue weighted by molar-refractivity contribution is 5.77. The molecule has 0 atom stereocenters. The third-order valence-corrected chi connectivity index (χ3v) is 4.85. The van der Waals surface area contributed by atoms with Crippen molar-refractivity contribution in [3.63, 3.8) is 0 Å². The van der Waals surface area contributed by atoms with Gasteiger partial charge < -0.3 is 19.5 Å². The van der Waals surface area contributed by atoms with Crippen LogP contribution in [0.1, 0.15) is 18.3 Å². The van der Waals surface area contributed by atoms with Crippen LogP contribution in [0.5, 0.6) is 5.75 Å². The highest BCUT2D eigenvalue weighted by Crippen LogP contribution is 2.16. The number of likely N-dealkylation sites (N-methyl/N-ethyl adjacent to an activating group) is 1. The van der Waals surface area contributed by atoms with E-state index >= 15 is 0 Å². The summed E-state index contributed by atoms with van der Waals surface area (Å²) in [5.41, 5.74) is 3.32. The molecule has 0 aliphatic carbocycles. The fourth-order valence-corrected chi connectivity index (χ4v) is 3.23. The van der Waals surface area contributed by atoms with Gasteiger partial charge in [0.25, 0.3) is 5.91 Å². The van der Waals surface area contributed by atoms with Crippen LogP contribution in [0.25, 0.3) is 11.0 Å². The largest absolute Gasteiger partial charge is 0.484 e. The molecule has 1 N–H and O–H groups in total. The Kier molecular flexibility index (Phi) is 7.25. The van der Waals surface area contributed by atoms with Gasteiger partial charge in [-0.3, -0.25) is 4.79 Å². The Morgan fingerprint density at radius 2 is 2.00 bits per heavy atom. The maximum Gasteiger partial charge on any atom is 0.257 e. The fourth-order valence-electron chi connectivity index (χ4n) is 3.23. The molecule has 0 radical (unpaired) electrons. The Bertz CT molecular complexity index is 949. The van der Waals surface area contributed by atoms with E-state index < -0.39 is 0 Å². The standard InChI is InChI=1S/C23H30N4O2/c1-4-18-8-7-9-19(16-18)29-17-23(28)24-13-12-22-25-20-10-5-6-11-21(20)27(22)15-14-26(2)3/h5-11,16H,4,12-15,17H2,1-3H3,(H,24,28). The van der Waals surface area contributed by atoms with Gasteiger partial charge in [-0.2, -0.15) is 0 Å². The van der Waals surface area contributed by atoms with E-state index in [0.29, 0.717) is 13.0 Å². The van der Waals surface area contributed by atoms with Crippen molar-refractivity contribution in [1.82, 2.24) is 19.8 Å². The van der Waals surface area contributed by atoms with Crippen molar-refractivity contribution in [3.05, 3.63) is 59.9 Å². The molecule has 6 heteroatoms. The van der Waals surface area contributed by atoms with Gasteiger partial charge in [-0.1, -0.05) is 31.2 Å². The van der Waals surface area contributed by atoms with Gasteiger partial charge in [0.15, 0.2) is 6.61 Å². The van der Waals surface area contributed by atoms with E-state index in [-0.39, 0.29) is 12.5 Å². The number of aryl methyl sites for hydroxylation is 1. The molecular weight excluding hydrogens is 364 g/mol. The molecule has 154 valence electrons. The molecule has 29 heavy (non-hydrogen) atoms. The molecule has 0 fully saturated rings. The predicted octanol–water partition coefficient (Wildman–Crippen LogP) is 2.90. The number of amides is 1. The molecule has 0 aliphatic rings. The summed E-state index contributed by atoms with van der Waals surface area (Å²) >= 11 is 0. The second kappa shape index (κ2) is 10.1. The third-order valence-electron chi connectivity index (χ3n) is 4.85. The molecule has 3 rings (SSSR count). The average Bonchev–Trinajstić information content (AvgIpc) is 3.08. The minimum Gasteiger partial charge on any atom is -0.484 e. The van der Waals surface area contributed by atoms with E-state index in [1.54, 1.807) is 0 Å². The number of ether oxygens (including phenoxy) is 1. The zero-order valence-corrected chi connectivity index (χ0v) is 17.5. The van der Waals surface area contributed by atoms with Gasteiger partial charge in [0.2, 0.25) is 0 Å². The zero-order valence-electron chi connectivity index (χ0n) is 17.5. The summed E-state index contributed by atoms with van der Waals surface area (Å²) < 4.78 is 7.86. The lowest BCUT2D eigenvalue weighted by Crippen LogP contribution is -2.31. The van der Waals surface area contributed by atoms with Crippen LogP contribution in [0.15, 0.2) is 48.5 Å². The van der Waals surface area contributed by atoms with Crippen LogP contribution in [-0.2, 0) is 24.2 Å². The number of carbonyl (C=O) groups is 1. The molecule has 6 nitrogen and oxygen atoms in total. The van der Waals surface area contributed by atoms with Gasteiger partial charge in [0.1, 0.15) is 11.6 Å². The number of imidazole rings is 1. The van der Waals surface area contributed by atoms with Gasteiger partial charge in [-0.15, -0.1) is 0 Å². The fraction of sp³-hybridized carbons (Fsp3) is 0.391. The number of benzene rings is 2. The number of rotatable bonds is 10. The van der Waals surface area contributed by atoms with E-state index in [2.05, 4.69) is 47.9 Å². The summed E-state index contributed by atoms with van der Waals surface area (Å²) in [5.74, 6) is 1.60. The van der Waals surface area contributed by atoms with Gasteiger partial charge in [-0.05, 0) is 50.3 Å². The van der Waals surface area contributed by atoms with Crippen LogP contribution in [-0.4, -0.2) is 54.1 Å². The minimum absolute atomic E-state index is 0.0181. The lowest BCUT2D eigenvalue weighted by molar-refractivity contribution is -0.123. The van der Waals surface area contributed by atoms with Crippen molar-refractivity contribution in [2.75, 3.05) is 33.8 Å². The molecule has 0 aliphatic heterocycles. The van der Waals surface area contributed by atoms with Crippen LogP contribution in [0.2, 0.25) is 0 Å². The SMILES string of the molecule is CCc1cccc(OCC(=O)NCCc2nc3ccccc3n2CCN(C)C)c1. The summed E-state index contributed by atoms with van der Waals surface area (Å²) in [5, 5.41) is 2.94. The minimum atomic E-state index is -0.122. The Balaban J connectivity index is 1.54. The first kappa shape index (κ1) is 20.9. The first-order valence-electron chi connectivity index (χ1n) is 10.1. The number of para-hydroxylation sites is 2. The number of hydrogen-bond donors (Lipinski definition) is 1. The number of nitrogens with zero attached hydrogens (tertiary/aromatic N) is 3. The van der Waals surface area contributed by atoms with Gasteiger partial charge in [0.05, 0.1) is 11.0 Å². The van der Waals surface area contributed by atoms with E-state index in [9.17, 15) is 4.79 Å². The summed E-state index contributed by atoms with van der Waals surface area (Å²) in [6, 6.07) is 16.0. The first-order chi connectivity index (χ1) is 14.1. The summed E-state index contributed by atoms with van der Waals surface area (Å²) in [6.45, 7) is 4.45. The van der Waals surface area contributed by atoms with Gasteiger partial charge in [-0.25, -0.2) is 4.98 Å². The van der Waals surface area contributed by atoms with E-state index in [1.165, 1.54) is 5.56 Å². The first-order valence-corrected chi connectivity index (χ1v) is 10.1. The van der Waals surface area contributed by atoms with Crippen molar-refractivity contribution >= 4 is 16.9 Å². The van der Waals surface area contributed by atoms with E-state index in [1.807, 2.05) is 36.4 Å². The number of carbonyl (C=O) groups excluding carboxylic acids is 1. The molecule has 3 aromatic rings. The molecule has 0 saturated carbocycles. The summed E-state index contributed by atoms with van der Waals surface area (Å²) in [7, 11) is 4.13. The van der Waals surface area contributed by atoms with Crippen molar-refractivity contribution in [1.29, 1.82) is 0 Å². The zero-order chi connectivity index (χ0) is 20.6. The van der Waals surface area contributed by atoms with Crippen LogP contribution in [0, 0.1) is 0 Å². The van der Waals surface area contributed by atoms with Gasteiger partial charge in [0, 0.05) is 26.1 Å². The number of aromatic nitrogens is 2. The Labute approximate surface area is 172 Å². The maximum atomic E-state index is 12.2. The van der Waals surface area contributed by atoms with Crippen molar-refractivity contribution in [2.24, 2.45) is 0 Å². The molecule has 1 aromatic heterocycles. The summed E-state index contributed by atoms with van der Waals surface area (Å²) in [4.78, 5) is 19.1. The Hall–Kier alpha value is -2.86. The molecule has 0 unspecified atom stereocenters. The Morgan fingerprint density at radius 3 is 2.79 bits per heavy atom. The molecule has 0 spiro atoms. The lowest BCUT2D eigenvalue weighted by atomic mass is 10.2.